The number of rotatable bonds is 6. The lowest BCUT2D eigenvalue weighted by molar-refractivity contribution is -0.126. The van der Waals surface area contributed by atoms with Gasteiger partial charge >= 0.3 is 0 Å². The number of amides is 2. The number of benzene rings is 2. The third-order valence-electron chi connectivity index (χ3n) is 3.83. The molecule has 1 heterocycles. The van der Waals surface area contributed by atoms with Crippen LogP contribution >= 0.6 is 0 Å². The van der Waals surface area contributed by atoms with Crippen LogP contribution in [0.2, 0.25) is 0 Å². The molecule has 132 valence electrons. The van der Waals surface area contributed by atoms with Crippen molar-refractivity contribution in [2.75, 3.05) is 6.54 Å². The first kappa shape index (κ1) is 17.3. The van der Waals surface area contributed by atoms with E-state index in [4.69, 9.17) is 0 Å². The molecule has 2 N–H and O–H groups in total. The third-order valence-corrected chi connectivity index (χ3v) is 3.83. The minimum atomic E-state index is -0.454. The second kappa shape index (κ2) is 8.06. The van der Waals surface area contributed by atoms with Crippen molar-refractivity contribution < 1.29 is 9.59 Å². The summed E-state index contributed by atoms with van der Waals surface area (Å²) in [6.07, 6.45) is 1.54. The molecular formula is C19H18N4O3. The van der Waals surface area contributed by atoms with Gasteiger partial charge in [0, 0.05) is 11.9 Å². The van der Waals surface area contributed by atoms with Crippen LogP contribution in [0.4, 0.5) is 0 Å². The molecule has 0 radical (unpaired) electrons. The van der Waals surface area contributed by atoms with Crippen molar-refractivity contribution in [1.82, 2.24) is 20.4 Å². The fraction of sp³-hybridized carbons (Fsp3) is 0.158. The lowest BCUT2D eigenvalue weighted by atomic mass is 10.2. The standard InChI is InChI=1S/C19H18N4O3/c24-17(20-10-14-6-2-1-3-7-14)12-21-18(25)13-23-19(26)16-9-5-4-8-15(16)11-22-23/h1-9,11H,10,12-13H2,(H,20,24)(H,21,25). The molecule has 0 fully saturated rings. The molecule has 0 saturated heterocycles. The number of carbonyl (C=O) groups is 2. The van der Waals surface area contributed by atoms with E-state index in [9.17, 15) is 14.4 Å². The molecule has 0 saturated carbocycles. The molecule has 0 atom stereocenters. The van der Waals surface area contributed by atoms with Crippen molar-refractivity contribution in [2.45, 2.75) is 13.1 Å². The average molecular weight is 350 g/mol. The first-order chi connectivity index (χ1) is 12.6. The summed E-state index contributed by atoms with van der Waals surface area (Å²) >= 11 is 0. The predicted octanol–water partition coefficient (Wildman–Crippen LogP) is 0.829. The molecular weight excluding hydrogens is 332 g/mol. The fourth-order valence-electron chi connectivity index (χ4n) is 2.47. The van der Waals surface area contributed by atoms with Gasteiger partial charge in [-0.1, -0.05) is 48.5 Å². The molecule has 1 aromatic heterocycles. The molecule has 2 amide bonds. The van der Waals surface area contributed by atoms with E-state index in [-0.39, 0.29) is 24.6 Å². The van der Waals surface area contributed by atoms with Gasteiger partial charge in [0.05, 0.1) is 18.1 Å². The predicted molar refractivity (Wildman–Crippen MR) is 97.3 cm³/mol. The maximum atomic E-state index is 12.3. The Hall–Kier alpha value is -3.48. The maximum Gasteiger partial charge on any atom is 0.275 e. The maximum absolute atomic E-state index is 12.3. The highest BCUT2D eigenvalue weighted by Gasteiger charge is 2.09. The number of carbonyl (C=O) groups excluding carboxylic acids is 2. The summed E-state index contributed by atoms with van der Waals surface area (Å²) in [6, 6.07) is 16.5. The van der Waals surface area contributed by atoms with Crippen LogP contribution in [0.25, 0.3) is 10.8 Å². The summed E-state index contributed by atoms with van der Waals surface area (Å²) in [7, 11) is 0. The molecule has 0 aliphatic rings. The highest BCUT2D eigenvalue weighted by molar-refractivity contribution is 5.85. The van der Waals surface area contributed by atoms with Crippen molar-refractivity contribution in [3.8, 4) is 0 Å². The lowest BCUT2D eigenvalue weighted by Crippen LogP contribution is -2.39. The van der Waals surface area contributed by atoms with Gasteiger partial charge in [0.1, 0.15) is 6.54 Å². The minimum Gasteiger partial charge on any atom is -0.350 e. The van der Waals surface area contributed by atoms with E-state index in [1.807, 2.05) is 36.4 Å². The van der Waals surface area contributed by atoms with Gasteiger partial charge in [0.15, 0.2) is 0 Å². The smallest absolute Gasteiger partial charge is 0.275 e. The summed E-state index contributed by atoms with van der Waals surface area (Å²) in [5, 5.41) is 10.4. The second-order valence-corrected chi connectivity index (χ2v) is 5.73. The highest BCUT2D eigenvalue weighted by atomic mass is 16.2. The molecule has 0 spiro atoms. The van der Waals surface area contributed by atoms with Gasteiger partial charge < -0.3 is 10.6 Å². The Morgan fingerprint density at radius 1 is 0.923 bits per heavy atom. The SMILES string of the molecule is O=C(CNC(=O)Cn1ncc2ccccc2c1=O)NCc1ccccc1. The number of hydrogen-bond acceptors (Lipinski definition) is 4. The van der Waals surface area contributed by atoms with Crippen LogP contribution in [0.1, 0.15) is 5.56 Å². The summed E-state index contributed by atoms with van der Waals surface area (Å²) in [4.78, 5) is 36.1. The van der Waals surface area contributed by atoms with Gasteiger partial charge in [0.2, 0.25) is 11.8 Å². The Morgan fingerprint density at radius 2 is 1.65 bits per heavy atom. The van der Waals surface area contributed by atoms with Crippen LogP contribution in [0.3, 0.4) is 0 Å². The van der Waals surface area contributed by atoms with Gasteiger partial charge in [-0.25, -0.2) is 4.68 Å². The Kier molecular flexibility index (Phi) is 5.38. The zero-order valence-electron chi connectivity index (χ0n) is 14.0. The largest absolute Gasteiger partial charge is 0.350 e. The summed E-state index contributed by atoms with van der Waals surface area (Å²) in [6.45, 7) is -0.00906. The first-order valence-corrected chi connectivity index (χ1v) is 8.15. The summed E-state index contributed by atoms with van der Waals surface area (Å²) < 4.78 is 1.08. The van der Waals surface area contributed by atoms with E-state index in [2.05, 4.69) is 15.7 Å². The van der Waals surface area contributed by atoms with E-state index in [1.54, 1.807) is 18.2 Å². The average Bonchev–Trinajstić information content (AvgIpc) is 2.68. The molecule has 7 heteroatoms. The van der Waals surface area contributed by atoms with Crippen LogP contribution in [0.15, 0.2) is 65.6 Å². The van der Waals surface area contributed by atoms with Crippen LogP contribution in [-0.2, 0) is 22.7 Å². The topological polar surface area (TPSA) is 93.1 Å². The van der Waals surface area contributed by atoms with E-state index in [0.717, 1.165) is 15.6 Å². The van der Waals surface area contributed by atoms with E-state index in [1.165, 1.54) is 6.20 Å². The van der Waals surface area contributed by atoms with E-state index >= 15 is 0 Å². The van der Waals surface area contributed by atoms with Crippen LogP contribution < -0.4 is 16.2 Å². The normalized spacial score (nSPS) is 10.5. The lowest BCUT2D eigenvalue weighted by Gasteiger charge is -2.08. The van der Waals surface area contributed by atoms with Crippen molar-refractivity contribution in [3.05, 3.63) is 76.7 Å². The Bertz CT molecular complexity index is 983. The van der Waals surface area contributed by atoms with E-state index < -0.39 is 5.91 Å². The Balaban J connectivity index is 1.52. The van der Waals surface area contributed by atoms with Gasteiger partial charge in [-0.05, 0) is 11.6 Å². The molecule has 26 heavy (non-hydrogen) atoms. The number of hydrogen-bond donors (Lipinski definition) is 2. The molecule has 0 unspecified atom stereocenters. The molecule has 0 bridgehead atoms. The van der Waals surface area contributed by atoms with Crippen LogP contribution in [0, 0.1) is 0 Å². The first-order valence-electron chi connectivity index (χ1n) is 8.15. The van der Waals surface area contributed by atoms with Crippen molar-refractivity contribution in [3.63, 3.8) is 0 Å². The molecule has 0 aliphatic heterocycles. The Labute approximate surface area is 149 Å². The van der Waals surface area contributed by atoms with Crippen LogP contribution in [0.5, 0.6) is 0 Å². The fourth-order valence-corrected chi connectivity index (χ4v) is 2.47. The van der Waals surface area contributed by atoms with Crippen LogP contribution in [-0.4, -0.2) is 28.1 Å². The quantitative estimate of drug-likeness (QED) is 0.689. The highest BCUT2D eigenvalue weighted by Crippen LogP contribution is 2.06. The molecule has 3 aromatic rings. The summed E-state index contributed by atoms with van der Waals surface area (Å²) in [5.74, 6) is -0.759. The van der Waals surface area contributed by atoms with Crippen molar-refractivity contribution in [1.29, 1.82) is 0 Å². The third kappa shape index (κ3) is 4.32. The zero-order valence-corrected chi connectivity index (χ0v) is 14.0. The van der Waals surface area contributed by atoms with Gasteiger partial charge in [0.25, 0.3) is 5.56 Å². The van der Waals surface area contributed by atoms with Gasteiger partial charge in [-0.2, -0.15) is 5.10 Å². The molecule has 3 rings (SSSR count). The number of aromatic nitrogens is 2. The minimum absolute atomic E-state index is 0.159. The number of nitrogens with zero attached hydrogens (tertiary/aromatic N) is 2. The van der Waals surface area contributed by atoms with Crippen molar-refractivity contribution in [2.24, 2.45) is 0 Å². The van der Waals surface area contributed by atoms with Gasteiger partial charge in [-0.3, -0.25) is 14.4 Å². The molecule has 2 aromatic carbocycles. The molecule has 7 nitrogen and oxygen atoms in total. The number of nitrogens with one attached hydrogen (secondary N) is 2. The number of fused-ring (bicyclic) bond motifs is 1. The van der Waals surface area contributed by atoms with Crippen molar-refractivity contribution >= 4 is 22.6 Å². The van der Waals surface area contributed by atoms with E-state index in [0.29, 0.717) is 11.9 Å². The Morgan fingerprint density at radius 3 is 2.46 bits per heavy atom. The monoisotopic (exact) mass is 350 g/mol. The second-order valence-electron chi connectivity index (χ2n) is 5.73. The van der Waals surface area contributed by atoms with Gasteiger partial charge in [-0.15, -0.1) is 0 Å². The zero-order chi connectivity index (χ0) is 18.4. The molecule has 0 aliphatic carbocycles. The summed E-state index contributed by atoms with van der Waals surface area (Å²) in [5.41, 5.74) is 0.630.